The molecule has 0 amide bonds. The van der Waals surface area contributed by atoms with E-state index in [0.717, 1.165) is 57.6 Å². The first kappa shape index (κ1) is 21.9. The quantitative estimate of drug-likeness (QED) is 0.195. The minimum Gasteiger partial charge on any atom is -0.346 e. The van der Waals surface area contributed by atoms with Gasteiger partial charge in [0.2, 0.25) is 0 Å². The molecule has 144 valence electrons. The van der Waals surface area contributed by atoms with Gasteiger partial charge in [0, 0.05) is 31.8 Å². The molecule has 1 aliphatic rings. The zero-order valence-electron chi connectivity index (χ0n) is 16.8. The minimum atomic E-state index is 0.740. The van der Waals surface area contributed by atoms with Crippen LogP contribution >= 0.6 is 0 Å². The Morgan fingerprint density at radius 1 is 1.24 bits per heavy atom. The van der Waals surface area contributed by atoms with Crippen LogP contribution in [0.4, 0.5) is 0 Å². The Balaban J connectivity index is 2.47. The number of nitrogens with one attached hydrogen (secondary N) is 3. The molecule has 1 rings (SSSR count). The molecule has 1 saturated carbocycles. The van der Waals surface area contributed by atoms with Gasteiger partial charge in [-0.1, -0.05) is 38.0 Å². The third kappa shape index (κ3) is 11.1. The smallest absolute Gasteiger partial charge is 0.106 e. The number of allylic oxidation sites excluding steroid dienone is 2. The number of amidine groups is 1. The van der Waals surface area contributed by atoms with Gasteiger partial charge in [-0.2, -0.15) is 0 Å². The van der Waals surface area contributed by atoms with Crippen molar-refractivity contribution in [2.75, 3.05) is 46.4 Å². The molecule has 0 aliphatic heterocycles. The van der Waals surface area contributed by atoms with E-state index in [2.05, 4.69) is 59.8 Å². The molecule has 0 aromatic heterocycles. The fourth-order valence-electron chi connectivity index (χ4n) is 2.51. The molecule has 5 nitrogen and oxygen atoms in total. The summed E-state index contributed by atoms with van der Waals surface area (Å²) in [5, 5.41) is 10.3. The van der Waals surface area contributed by atoms with Gasteiger partial charge >= 0.3 is 0 Å². The fraction of sp³-hybridized carbons (Fsp3) is 0.750. The summed E-state index contributed by atoms with van der Waals surface area (Å²) in [6, 6.07) is 0. The van der Waals surface area contributed by atoms with Crippen molar-refractivity contribution in [2.45, 2.75) is 46.5 Å². The number of hydrogen-bond acceptors (Lipinski definition) is 4. The first-order chi connectivity index (χ1) is 12.2. The summed E-state index contributed by atoms with van der Waals surface area (Å²) in [5.74, 6) is 2.03. The molecule has 1 aliphatic carbocycles. The summed E-state index contributed by atoms with van der Waals surface area (Å²) in [5.41, 5.74) is 1.21. The van der Waals surface area contributed by atoms with Crippen molar-refractivity contribution in [3.05, 3.63) is 23.9 Å². The molecule has 1 fully saturated rings. The van der Waals surface area contributed by atoms with Crippen LogP contribution in [-0.2, 0) is 0 Å². The summed E-state index contributed by atoms with van der Waals surface area (Å²) in [6.07, 6.45) is 11.4. The highest BCUT2D eigenvalue weighted by atomic mass is 15.2. The van der Waals surface area contributed by atoms with Crippen LogP contribution in [-0.4, -0.2) is 57.2 Å². The maximum atomic E-state index is 4.82. The molecule has 0 unspecified atom stereocenters. The summed E-state index contributed by atoms with van der Waals surface area (Å²) in [4.78, 5) is 7.17. The lowest BCUT2D eigenvalue weighted by atomic mass is 10.3. The highest BCUT2D eigenvalue weighted by Crippen LogP contribution is 2.31. The van der Waals surface area contributed by atoms with Gasteiger partial charge in [0.1, 0.15) is 5.84 Å². The summed E-state index contributed by atoms with van der Waals surface area (Å²) >= 11 is 0. The molecule has 25 heavy (non-hydrogen) atoms. The third-order valence-electron chi connectivity index (χ3n) is 4.53. The number of aliphatic imine (C=N–C) groups is 1. The van der Waals surface area contributed by atoms with Gasteiger partial charge in [0.05, 0.1) is 6.67 Å². The van der Waals surface area contributed by atoms with Crippen molar-refractivity contribution in [1.82, 2.24) is 20.9 Å². The van der Waals surface area contributed by atoms with Gasteiger partial charge in [0.25, 0.3) is 0 Å². The van der Waals surface area contributed by atoms with E-state index >= 15 is 0 Å². The fourth-order valence-corrected chi connectivity index (χ4v) is 2.51. The van der Waals surface area contributed by atoms with Crippen molar-refractivity contribution < 1.29 is 0 Å². The average molecular weight is 350 g/mol. The van der Waals surface area contributed by atoms with Crippen LogP contribution in [0.1, 0.15) is 46.5 Å². The van der Waals surface area contributed by atoms with Gasteiger partial charge < -0.3 is 16.0 Å². The van der Waals surface area contributed by atoms with E-state index in [1.807, 2.05) is 7.05 Å². The summed E-state index contributed by atoms with van der Waals surface area (Å²) in [7, 11) is 1.99. The summed E-state index contributed by atoms with van der Waals surface area (Å²) < 4.78 is 0. The zero-order valence-corrected chi connectivity index (χ0v) is 16.8. The number of likely N-dealkylation sites (N-methyl/N-ethyl adjacent to an activating group) is 2. The van der Waals surface area contributed by atoms with Crippen LogP contribution in [0.2, 0.25) is 0 Å². The normalized spacial score (nSPS) is 16.2. The van der Waals surface area contributed by atoms with Gasteiger partial charge in [-0.3, -0.25) is 9.89 Å². The van der Waals surface area contributed by atoms with Crippen molar-refractivity contribution in [2.24, 2.45) is 10.9 Å². The van der Waals surface area contributed by atoms with E-state index < -0.39 is 0 Å². The molecule has 0 atom stereocenters. The van der Waals surface area contributed by atoms with E-state index in [9.17, 15) is 0 Å². The second-order valence-corrected chi connectivity index (χ2v) is 6.68. The molecule has 0 spiro atoms. The largest absolute Gasteiger partial charge is 0.346 e. The first-order valence-electron chi connectivity index (χ1n) is 9.87. The Morgan fingerprint density at radius 3 is 2.64 bits per heavy atom. The molecule has 0 bridgehead atoms. The van der Waals surface area contributed by atoms with E-state index in [0.29, 0.717) is 0 Å². The Labute approximate surface area is 155 Å². The SMILES string of the molecule is C/C=C\C/C(=N\CN(CC)CCNC)N/C(=C/C)CNCCC1CC1. The van der Waals surface area contributed by atoms with E-state index in [1.54, 1.807) is 0 Å². The lowest BCUT2D eigenvalue weighted by Gasteiger charge is -2.19. The van der Waals surface area contributed by atoms with Crippen LogP contribution in [0.15, 0.2) is 28.9 Å². The third-order valence-corrected chi connectivity index (χ3v) is 4.53. The number of rotatable bonds is 14. The highest BCUT2D eigenvalue weighted by molar-refractivity contribution is 5.85. The van der Waals surface area contributed by atoms with E-state index in [4.69, 9.17) is 4.99 Å². The van der Waals surface area contributed by atoms with Crippen LogP contribution in [0.3, 0.4) is 0 Å². The monoisotopic (exact) mass is 349 g/mol. The minimum absolute atomic E-state index is 0.740. The lowest BCUT2D eigenvalue weighted by molar-refractivity contribution is 0.299. The predicted molar refractivity (Wildman–Crippen MR) is 110 cm³/mol. The standard InChI is InChI=1S/C20H39N5/c1-5-8-9-20(23-17-25(7-3)15-14-21-4)24-19(6-2)16-22-13-12-18-10-11-18/h5-6,8,18,21-22H,7,9-17H2,1-4H3,(H,23,24)/b8-5-,19-6+. The van der Waals surface area contributed by atoms with Crippen molar-refractivity contribution >= 4 is 5.84 Å². The topological polar surface area (TPSA) is 51.7 Å². The first-order valence-corrected chi connectivity index (χ1v) is 9.87. The van der Waals surface area contributed by atoms with Crippen LogP contribution in [0.25, 0.3) is 0 Å². The highest BCUT2D eigenvalue weighted by Gasteiger charge is 2.19. The van der Waals surface area contributed by atoms with Crippen LogP contribution in [0, 0.1) is 5.92 Å². The van der Waals surface area contributed by atoms with Crippen molar-refractivity contribution in [3.8, 4) is 0 Å². The number of nitrogens with zero attached hydrogens (tertiary/aromatic N) is 2. The maximum absolute atomic E-state index is 4.82. The Kier molecular flexibility index (Phi) is 12.3. The second kappa shape index (κ2) is 14.0. The number of hydrogen-bond donors (Lipinski definition) is 3. The second-order valence-electron chi connectivity index (χ2n) is 6.68. The molecule has 0 aromatic rings. The Hall–Kier alpha value is -1.17. The molecule has 0 radical (unpaired) electrons. The van der Waals surface area contributed by atoms with Gasteiger partial charge in [-0.25, -0.2) is 0 Å². The van der Waals surface area contributed by atoms with Gasteiger partial charge in [-0.05, 0) is 46.3 Å². The van der Waals surface area contributed by atoms with E-state index in [1.165, 1.54) is 25.0 Å². The molecule has 5 heteroatoms. The molecule has 3 N–H and O–H groups in total. The molecular formula is C20H39N5. The van der Waals surface area contributed by atoms with Gasteiger partial charge in [-0.15, -0.1) is 0 Å². The maximum Gasteiger partial charge on any atom is 0.106 e. The molecular weight excluding hydrogens is 310 g/mol. The molecule has 0 heterocycles. The summed E-state index contributed by atoms with van der Waals surface area (Å²) in [6.45, 7) is 12.1. The average Bonchev–Trinajstić information content (AvgIpc) is 3.45. The lowest BCUT2D eigenvalue weighted by Crippen LogP contribution is -2.34. The van der Waals surface area contributed by atoms with E-state index in [-0.39, 0.29) is 0 Å². The zero-order chi connectivity index (χ0) is 18.3. The van der Waals surface area contributed by atoms with Gasteiger partial charge in [0.15, 0.2) is 0 Å². The Morgan fingerprint density at radius 2 is 2.04 bits per heavy atom. The van der Waals surface area contributed by atoms with Crippen LogP contribution < -0.4 is 16.0 Å². The van der Waals surface area contributed by atoms with Crippen molar-refractivity contribution in [1.29, 1.82) is 0 Å². The van der Waals surface area contributed by atoms with Crippen molar-refractivity contribution in [3.63, 3.8) is 0 Å². The van der Waals surface area contributed by atoms with Crippen LogP contribution in [0.5, 0.6) is 0 Å². The Bertz CT molecular complexity index is 424. The molecule has 0 aromatic carbocycles. The predicted octanol–water partition coefficient (Wildman–Crippen LogP) is 2.73. The molecule has 0 saturated heterocycles.